The third-order valence-corrected chi connectivity index (χ3v) is 21.8. The van der Waals surface area contributed by atoms with Crippen LogP contribution in [0.5, 0.6) is 0 Å². The SMILES string of the molecule is CC(C)(C)[Si](C)(C)O[C@@H]1[C@@H](NC(=O)OCC2c3ccccc3-c3ccccc32)[C@H](n2cnc3c(NC(=O)c4ccccc4)ncnc32)O[C@H](CO)[C@H]1O[Si](C)(C)C(C)(C)C. The number of amides is 2. The second kappa shape index (κ2) is 16.6. The van der Waals surface area contributed by atoms with E-state index in [2.05, 4.69) is 118 Å². The Bertz CT molecular complexity index is 2300. The lowest BCUT2D eigenvalue weighted by Crippen LogP contribution is -2.68. The number of fused-ring (bicyclic) bond motifs is 4. The summed E-state index contributed by atoms with van der Waals surface area (Å²) in [4.78, 5) is 41.3. The maximum Gasteiger partial charge on any atom is 0.407 e. The minimum absolute atomic E-state index is 0.0979. The second-order valence-electron chi connectivity index (χ2n) is 18.8. The monoisotopic (exact) mass is 850 g/mol. The van der Waals surface area contributed by atoms with Gasteiger partial charge in [0.2, 0.25) is 0 Å². The molecule has 0 bridgehead atoms. The van der Waals surface area contributed by atoms with Crippen LogP contribution < -0.4 is 10.6 Å². The zero-order chi connectivity index (χ0) is 43.2. The normalized spacial score (nSPS) is 21.0. The van der Waals surface area contributed by atoms with Gasteiger partial charge in [0.15, 0.2) is 39.8 Å². The van der Waals surface area contributed by atoms with Crippen LogP contribution in [0, 0.1) is 0 Å². The van der Waals surface area contributed by atoms with Crippen molar-refractivity contribution >= 4 is 45.6 Å². The summed E-state index contributed by atoms with van der Waals surface area (Å²) in [5.41, 5.74) is 5.54. The fourth-order valence-electron chi connectivity index (χ4n) is 7.45. The van der Waals surface area contributed by atoms with Gasteiger partial charge in [0.25, 0.3) is 5.91 Å². The van der Waals surface area contributed by atoms with Gasteiger partial charge in [-0.05, 0) is 70.7 Å². The topological polar surface area (TPSA) is 159 Å². The first-order valence-electron chi connectivity index (χ1n) is 20.6. The molecule has 1 saturated heterocycles. The Morgan fingerprint density at radius 2 is 1.35 bits per heavy atom. The molecule has 3 heterocycles. The lowest BCUT2D eigenvalue weighted by molar-refractivity contribution is -0.206. The van der Waals surface area contributed by atoms with E-state index in [1.165, 1.54) is 6.33 Å². The van der Waals surface area contributed by atoms with Gasteiger partial charge in [-0.15, -0.1) is 0 Å². The minimum Gasteiger partial charge on any atom is -0.449 e. The second-order valence-corrected chi connectivity index (χ2v) is 28.3. The minimum atomic E-state index is -2.63. The number of carbonyl (C=O) groups is 2. The summed E-state index contributed by atoms with van der Waals surface area (Å²) >= 11 is 0. The van der Waals surface area contributed by atoms with Crippen LogP contribution in [-0.4, -0.2) is 90.8 Å². The molecule has 60 heavy (non-hydrogen) atoms. The number of rotatable bonds is 11. The van der Waals surface area contributed by atoms with Crippen molar-refractivity contribution in [1.82, 2.24) is 24.8 Å². The number of benzene rings is 3. The number of hydrogen-bond donors (Lipinski definition) is 3. The van der Waals surface area contributed by atoms with E-state index in [1.54, 1.807) is 35.2 Å². The maximum atomic E-state index is 14.4. The van der Waals surface area contributed by atoms with Crippen LogP contribution in [-0.2, 0) is 18.3 Å². The molecule has 3 N–H and O–H groups in total. The molecule has 1 aliphatic carbocycles. The molecule has 2 aliphatic rings. The summed E-state index contributed by atoms with van der Waals surface area (Å²) in [7, 11) is -5.18. The smallest absolute Gasteiger partial charge is 0.407 e. The van der Waals surface area contributed by atoms with Crippen molar-refractivity contribution in [3.8, 4) is 11.1 Å². The zero-order valence-electron chi connectivity index (χ0n) is 36.2. The van der Waals surface area contributed by atoms with E-state index in [1.807, 2.05) is 30.3 Å². The number of aromatic nitrogens is 4. The van der Waals surface area contributed by atoms with Gasteiger partial charge in [-0.25, -0.2) is 19.7 Å². The molecule has 5 atom stereocenters. The Morgan fingerprint density at radius 1 is 0.783 bits per heavy atom. The van der Waals surface area contributed by atoms with E-state index in [-0.39, 0.29) is 40.9 Å². The molecule has 7 rings (SSSR count). The molecule has 2 aromatic heterocycles. The van der Waals surface area contributed by atoms with Crippen molar-refractivity contribution in [2.24, 2.45) is 0 Å². The summed E-state index contributed by atoms with van der Waals surface area (Å²) < 4.78 is 29.2. The highest BCUT2D eigenvalue weighted by Crippen LogP contribution is 2.46. The van der Waals surface area contributed by atoms with Gasteiger partial charge in [-0.1, -0.05) is 108 Å². The summed E-state index contributed by atoms with van der Waals surface area (Å²) in [6, 6.07) is 24.3. The van der Waals surface area contributed by atoms with E-state index in [0.717, 1.165) is 22.3 Å². The average molecular weight is 851 g/mol. The summed E-state index contributed by atoms with van der Waals surface area (Å²) in [5, 5.41) is 16.7. The number of carbonyl (C=O) groups excluding carboxylic acids is 2. The largest absolute Gasteiger partial charge is 0.449 e. The van der Waals surface area contributed by atoms with Crippen molar-refractivity contribution in [1.29, 1.82) is 0 Å². The Kier molecular flexibility index (Phi) is 12.0. The van der Waals surface area contributed by atoms with Crippen LogP contribution in [0.1, 0.15) is 75.2 Å². The summed E-state index contributed by atoms with van der Waals surface area (Å²) in [6.07, 6.45) is -1.25. The molecule has 15 heteroatoms. The van der Waals surface area contributed by atoms with Crippen molar-refractivity contribution in [3.63, 3.8) is 0 Å². The number of imidazole rings is 1. The Balaban J connectivity index is 1.29. The number of ether oxygens (including phenoxy) is 2. The lowest BCUT2D eigenvalue weighted by atomic mass is 9.96. The average Bonchev–Trinajstić information content (AvgIpc) is 3.77. The molecule has 1 aliphatic heterocycles. The van der Waals surface area contributed by atoms with E-state index in [0.29, 0.717) is 16.7 Å². The van der Waals surface area contributed by atoms with Crippen LogP contribution in [0.15, 0.2) is 91.5 Å². The van der Waals surface area contributed by atoms with Gasteiger partial charge in [0, 0.05) is 11.5 Å². The Hall–Kier alpha value is -4.78. The predicted molar refractivity (Wildman–Crippen MR) is 237 cm³/mol. The molecule has 0 unspecified atom stereocenters. The fourth-order valence-corrected chi connectivity index (χ4v) is 10.1. The molecule has 3 aromatic carbocycles. The lowest BCUT2D eigenvalue weighted by Gasteiger charge is -2.52. The van der Waals surface area contributed by atoms with Gasteiger partial charge < -0.3 is 34.1 Å². The van der Waals surface area contributed by atoms with Crippen molar-refractivity contribution < 1.29 is 33.0 Å². The molecular formula is C45H58N6O7Si2. The highest BCUT2D eigenvalue weighted by molar-refractivity contribution is 6.74. The third-order valence-electron chi connectivity index (χ3n) is 12.8. The highest BCUT2D eigenvalue weighted by atomic mass is 28.4. The van der Waals surface area contributed by atoms with Crippen molar-refractivity contribution in [3.05, 3.63) is 108 Å². The first kappa shape index (κ1) is 43.3. The van der Waals surface area contributed by atoms with Gasteiger partial charge in [-0.2, -0.15) is 0 Å². The van der Waals surface area contributed by atoms with Gasteiger partial charge in [-0.3, -0.25) is 9.36 Å². The number of hydrogen-bond acceptors (Lipinski definition) is 10. The molecule has 1 fully saturated rings. The maximum absolute atomic E-state index is 14.4. The fraction of sp³-hybridized carbons (Fsp3) is 0.444. The Labute approximate surface area is 354 Å². The highest BCUT2D eigenvalue weighted by Gasteiger charge is 2.55. The van der Waals surface area contributed by atoms with E-state index in [9.17, 15) is 14.7 Å². The molecule has 2 amide bonds. The number of nitrogens with one attached hydrogen (secondary N) is 2. The number of aliphatic hydroxyl groups is 1. The molecule has 318 valence electrons. The van der Waals surface area contributed by atoms with Gasteiger partial charge in [0.05, 0.1) is 19.0 Å². The van der Waals surface area contributed by atoms with Crippen molar-refractivity contribution in [2.45, 2.75) is 114 Å². The molecule has 5 aromatic rings. The quantitative estimate of drug-likeness (QED) is 0.110. The zero-order valence-corrected chi connectivity index (χ0v) is 38.2. The number of nitrogens with zero attached hydrogens (tertiary/aromatic N) is 4. The van der Waals surface area contributed by atoms with E-state index in [4.69, 9.17) is 18.3 Å². The van der Waals surface area contributed by atoms with E-state index >= 15 is 0 Å². The van der Waals surface area contributed by atoms with Crippen LogP contribution in [0.3, 0.4) is 0 Å². The summed E-state index contributed by atoms with van der Waals surface area (Å²) in [6.45, 7) is 21.2. The predicted octanol–water partition coefficient (Wildman–Crippen LogP) is 8.66. The van der Waals surface area contributed by atoms with Crippen LogP contribution >= 0.6 is 0 Å². The summed E-state index contributed by atoms with van der Waals surface area (Å²) in [5.74, 6) is -0.313. The molecule has 0 spiro atoms. The first-order valence-corrected chi connectivity index (χ1v) is 26.4. The molecular weight excluding hydrogens is 793 g/mol. The number of aliphatic hydroxyl groups excluding tert-OH is 1. The Morgan fingerprint density at radius 3 is 1.93 bits per heavy atom. The standard InChI is InChI=1S/C45H58N6O7Si2/c1-44(2,3)59(7,8)57-37-34(24-52)56-42(51-27-48-36-39(46-26-47-40(36)51)50-41(53)28-18-12-11-13-19-28)35(38(37)58-60(9,10)45(4,5)6)49-43(54)55-25-33-31-22-16-14-20-29(31)30-21-15-17-23-32(30)33/h11-23,26-27,33-35,37-38,42,52H,24-25H2,1-10H3,(H,49,54)(H,46,47,50,53)/t34-,35-,37-,38-,42-/m1/s1. The first-order chi connectivity index (χ1) is 28.3. The van der Waals surface area contributed by atoms with Crippen LogP contribution in [0.25, 0.3) is 22.3 Å². The molecule has 0 radical (unpaired) electrons. The number of alkyl carbamates (subject to hydrolysis) is 1. The van der Waals surface area contributed by atoms with Crippen LogP contribution in [0.4, 0.5) is 10.6 Å². The van der Waals surface area contributed by atoms with Gasteiger partial charge in [0.1, 0.15) is 31.2 Å². The van der Waals surface area contributed by atoms with Crippen LogP contribution in [0.2, 0.25) is 36.3 Å². The molecule has 0 saturated carbocycles. The molecule has 13 nitrogen and oxygen atoms in total. The van der Waals surface area contributed by atoms with Gasteiger partial charge >= 0.3 is 6.09 Å². The van der Waals surface area contributed by atoms with Crippen molar-refractivity contribution in [2.75, 3.05) is 18.5 Å². The number of anilines is 1. The van der Waals surface area contributed by atoms with E-state index < -0.39 is 53.3 Å². The third kappa shape index (κ3) is 8.43.